The van der Waals surface area contributed by atoms with Crippen LogP contribution in [0.25, 0.3) is 0 Å². The Morgan fingerprint density at radius 1 is 1.04 bits per heavy atom. The third kappa shape index (κ3) is 7.29. The SMILES string of the molecule is CC(C)OC(Cc1ccc(NC(=O)OCc2ccc(Cl)cc2)cc1)C(=O)O. The molecule has 7 heteroatoms. The summed E-state index contributed by atoms with van der Waals surface area (Å²) in [6.45, 7) is 3.71. The first-order valence-electron chi connectivity index (χ1n) is 8.49. The summed E-state index contributed by atoms with van der Waals surface area (Å²) in [5.41, 5.74) is 2.18. The molecule has 1 unspecified atom stereocenters. The molecule has 0 saturated heterocycles. The lowest BCUT2D eigenvalue weighted by Crippen LogP contribution is -2.29. The van der Waals surface area contributed by atoms with Gasteiger partial charge in [-0.2, -0.15) is 0 Å². The number of aliphatic carboxylic acids is 1. The highest BCUT2D eigenvalue weighted by Gasteiger charge is 2.20. The number of anilines is 1. The molecular formula is C20H22ClNO5. The Morgan fingerprint density at radius 3 is 2.19 bits per heavy atom. The molecule has 1 amide bonds. The van der Waals surface area contributed by atoms with Gasteiger partial charge in [0.05, 0.1) is 6.10 Å². The van der Waals surface area contributed by atoms with Crippen LogP contribution >= 0.6 is 11.6 Å². The minimum absolute atomic E-state index is 0.133. The lowest BCUT2D eigenvalue weighted by Gasteiger charge is -2.16. The summed E-state index contributed by atoms with van der Waals surface area (Å²) in [6.07, 6.45) is -1.42. The summed E-state index contributed by atoms with van der Waals surface area (Å²) in [7, 11) is 0. The van der Waals surface area contributed by atoms with E-state index >= 15 is 0 Å². The van der Waals surface area contributed by atoms with Gasteiger partial charge in [-0.25, -0.2) is 9.59 Å². The fourth-order valence-corrected chi connectivity index (χ4v) is 2.47. The number of hydrogen-bond acceptors (Lipinski definition) is 4. The predicted molar refractivity (Wildman–Crippen MR) is 103 cm³/mol. The summed E-state index contributed by atoms with van der Waals surface area (Å²) < 4.78 is 10.5. The van der Waals surface area contributed by atoms with E-state index in [1.165, 1.54) is 0 Å². The van der Waals surface area contributed by atoms with Gasteiger partial charge in [0.25, 0.3) is 0 Å². The van der Waals surface area contributed by atoms with Gasteiger partial charge in [-0.15, -0.1) is 0 Å². The van der Waals surface area contributed by atoms with Crippen LogP contribution in [0.3, 0.4) is 0 Å². The summed E-state index contributed by atoms with van der Waals surface area (Å²) in [5.74, 6) is -1.00. The molecule has 0 aromatic heterocycles. The van der Waals surface area contributed by atoms with Crippen LogP contribution in [0, 0.1) is 0 Å². The number of nitrogens with one attached hydrogen (secondary N) is 1. The Bertz CT molecular complexity index is 759. The van der Waals surface area contributed by atoms with Gasteiger partial charge in [-0.05, 0) is 49.2 Å². The standard InChI is InChI=1S/C20H22ClNO5/c1-13(2)27-18(19(23)24)11-14-5-9-17(10-6-14)22-20(25)26-12-15-3-7-16(21)8-4-15/h3-10,13,18H,11-12H2,1-2H3,(H,22,25)(H,23,24). The van der Waals surface area contributed by atoms with Crippen molar-refractivity contribution >= 4 is 29.4 Å². The van der Waals surface area contributed by atoms with Gasteiger partial charge in [0.1, 0.15) is 6.61 Å². The topological polar surface area (TPSA) is 84.9 Å². The van der Waals surface area contributed by atoms with E-state index in [4.69, 9.17) is 21.1 Å². The minimum Gasteiger partial charge on any atom is -0.479 e. The van der Waals surface area contributed by atoms with Gasteiger partial charge < -0.3 is 14.6 Å². The first kappa shape index (κ1) is 20.7. The number of halogens is 1. The van der Waals surface area contributed by atoms with Gasteiger partial charge in [0.15, 0.2) is 6.10 Å². The zero-order valence-corrected chi connectivity index (χ0v) is 15.9. The second kappa shape index (κ2) is 9.94. The van der Waals surface area contributed by atoms with Crippen LogP contribution in [0.5, 0.6) is 0 Å². The number of rotatable bonds is 8. The number of benzene rings is 2. The molecule has 6 nitrogen and oxygen atoms in total. The van der Waals surface area contributed by atoms with Gasteiger partial charge in [0.2, 0.25) is 0 Å². The second-order valence-corrected chi connectivity index (χ2v) is 6.68. The van der Waals surface area contributed by atoms with Crippen molar-refractivity contribution < 1.29 is 24.2 Å². The maximum absolute atomic E-state index is 11.9. The van der Waals surface area contributed by atoms with E-state index in [0.717, 1.165) is 11.1 Å². The number of carboxylic acid groups (broad SMARTS) is 1. The Hall–Kier alpha value is -2.57. The molecule has 0 radical (unpaired) electrons. The maximum atomic E-state index is 11.9. The lowest BCUT2D eigenvalue weighted by molar-refractivity contribution is -0.153. The highest BCUT2D eigenvalue weighted by atomic mass is 35.5. The zero-order chi connectivity index (χ0) is 19.8. The fraction of sp³-hybridized carbons (Fsp3) is 0.300. The molecule has 2 rings (SSSR count). The number of hydrogen-bond donors (Lipinski definition) is 2. The number of carbonyl (C=O) groups excluding carboxylic acids is 1. The van der Waals surface area contributed by atoms with Crippen LogP contribution in [0.2, 0.25) is 5.02 Å². The van der Waals surface area contributed by atoms with E-state index in [-0.39, 0.29) is 19.1 Å². The van der Waals surface area contributed by atoms with Crippen molar-refractivity contribution in [1.29, 1.82) is 0 Å². The van der Waals surface area contributed by atoms with E-state index < -0.39 is 18.2 Å². The lowest BCUT2D eigenvalue weighted by atomic mass is 10.1. The van der Waals surface area contributed by atoms with E-state index in [2.05, 4.69) is 5.32 Å². The molecule has 144 valence electrons. The van der Waals surface area contributed by atoms with Crippen molar-refractivity contribution in [2.75, 3.05) is 5.32 Å². The number of carbonyl (C=O) groups is 2. The average Bonchev–Trinajstić information content (AvgIpc) is 2.62. The third-order valence-corrected chi connectivity index (χ3v) is 3.87. The molecule has 1 atom stereocenters. The zero-order valence-electron chi connectivity index (χ0n) is 15.1. The Kier molecular flexibility index (Phi) is 7.64. The summed E-state index contributed by atoms with van der Waals surface area (Å²) in [4.78, 5) is 23.1. The number of carboxylic acids is 1. The molecule has 0 aliphatic rings. The smallest absolute Gasteiger partial charge is 0.411 e. The van der Waals surface area contributed by atoms with Crippen molar-refractivity contribution in [3.8, 4) is 0 Å². The summed E-state index contributed by atoms with van der Waals surface area (Å²) in [6, 6.07) is 13.9. The van der Waals surface area contributed by atoms with Crippen LogP contribution in [0.15, 0.2) is 48.5 Å². The van der Waals surface area contributed by atoms with Gasteiger partial charge >= 0.3 is 12.1 Å². The first-order chi connectivity index (χ1) is 12.8. The minimum atomic E-state index is -1.00. The molecule has 0 aliphatic carbocycles. The summed E-state index contributed by atoms with van der Waals surface area (Å²) in [5, 5.41) is 12.5. The monoisotopic (exact) mass is 391 g/mol. The molecule has 27 heavy (non-hydrogen) atoms. The van der Waals surface area contributed by atoms with Gasteiger partial charge in [-0.3, -0.25) is 5.32 Å². The van der Waals surface area contributed by atoms with Gasteiger partial charge in [0, 0.05) is 17.1 Å². The van der Waals surface area contributed by atoms with Crippen molar-refractivity contribution in [3.05, 3.63) is 64.7 Å². The molecule has 0 aliphatic heterocycles. The molecule has 0 heterocycles. The van der Waals surface area contributed by atoms with E-state index in [1.807, 2.05) is 0 Å². The van der Waals surface area contributed by atoms with E-state index in [1.54, 1.807) is 62.4 Å². The van der Waals surface area contributed by atoms with Gasteiger partial charge in [-0.1, -0.05) is 35.9 Å². The summed E-state index contributed by atoms with van der Waals surface area (Å²) >= 11 is 5.81. The molecule has 2 N–H and O–H groups in total. The Balaban J connectivity index is 1.86. The highest BCUT2D eigenvalue weighted by Crippen LogP contribution is 2.15. The third-order valence-electron chi connectivity index (χ3n) is 3.62. The Labute approximate surface area is 163 Å². The second-order valence-electron chi connectivity index (χ2n) is 6.24. The Morgan fingerprint density at radius 2 is 1.63 bits per heavy atom. The first-order valence-corrected chi connectivity index (χ1v) is 8.86. The molecule has 2 aromatic rings. The number of ether oxygens (including phenoxy) is 2. The number of amides is 1. The molecule has 2 aromatic carbocycles. The molecule has 0 saturated carbocycles. The highest BCUT2D eigenvalue weighted by molar-refractivity contribution is 6.30. The quantitative estimate of drug-likeness (QED) is 0.691. The average molecular weight is 392 g/mol. The van der Waals surface area contributed by atoms with Crippen LogP contribution in [-0.4, -0.2) is 29.4 Å². The molecule has 0 bridgehead atoms. The molecular weight excluding hydrogens is 370 g/mol. The van der Waals surface area contributed by atoms with Crippen molar-refractivity contribution in [2.45, 2.75) is 39.1 Å². The predicted octanol–water partition coefficient (Wildman–Crippen LogP) is 4.51. The van der Waals surface area contributed by atoms with Crippen molar-refractivity contribution in [2.24, 2.45) is 0 Å². The fourth-order valence-electron chi connectivity index (χ4n) is 2.34. The van der Waals surface area contributed by atoms with Crippen LogP contribution in [0.4, 0.5) is 10.5 Å². The molecule has 0 spiro atoms. The van der Waals surface area contributed by atoms with Crippen LogP contribution < -0.4 is 5.32 Å². The largest absolute Gasteiger partial charge is 0.479 e. The van der Waals surface area contributed by atoms with Crippen LogP contribution in [0.1, 0.15) is 25.0 Å². The van der Waals surface area contributed by atoms with Crippen LogP contribution in [-0.2, 0) is 27.3 Å². The normalized spacial score (nSPS) is 11.9. The van der Waals surface area contributed by atoms with Crippen molar-refractivity contribution in [3.63, 3.8) is 0 Å². The van der Waals surface area contributed by atoms with Crippen molar-refractivity contribution in [1.82, 2.24) is 0 Å². The van der Waals surface area contributed by atoms with E-state index in [0.29, 0.717) is 10.7 Å². The van der Waals surface area contributed by atoms with E-state index in [9.17, 15) is 14.7 Å². The maximum Gasteiger partial charge on any atom is 0.411 e. The molecule has 0 fully saturated rings.